The Balaban J connectivity index is 2.24. The lowest BCUT2D eigenvalue weighted by Gasteiger charge is -2.35. The van der Waals surface area contributed by atoms with Crippen LogP contribution >= 0.6 is 15.9 Å². The highest BCUT2D eigenvalue weighted by Crippen LogP contribution is 2.34. The first-order valence-electron chi connectivity index (χ1n) is 7.37. The van der Waals surface area contributed by atoms with Gasteiger partial charge in [-0.15, -0.1) is 0 Å². The van der Waals surface area contributed by atoms with Gasteiger partial charge in [0.1, 0.15) is 5.75 Å². The van der Waals surface area contributed by atoms with Gasteiger partial charge in [0.15, 0.2) is 0 Å². The second-order valence-corrected chi connectivity index (χ2v) is 6.44. The molecule has 2 atom stereocenters. The van der Waals surface area contributed by atoms with Crippen LogP contribution in [-0.2, 0) is 0 Å². The highest BCUT2D eigenvalue weighted by Gasteiger charge is 2.26. The molecule has 1 fully saturated rings. The van der Waals surface area contributed by atoms with Crippen molar-refractivity contribution in [2.45, 2.75) is 58.0 Å². The van der Waals surface area contributed by atoms with Crippen molar-refractivity contribution in [3.05, 3.63) is 28.2 Å². The van der Waals surface area contributed by atoms with Crippen LogP contribution in [0, 0.1) is 0 Å². The van der Waals surface area contributed by atoms with Gasteiger partial charge in [0.2, 0.25) is 0 Å². The van der Waals surface area contributed by atoms with Crippen LogP contribution in [0.4, 0.5) is 0 Å². The Morgan fingerprint density at radius 3 is 2.89 bits per heavy atom. The van der Waals surface area contributed by atoms with Gasteiger partial charge < -0.3 is 5.11 Å². The molecule has 1 aromatic rings. The molecule has 1 heterocycles. The van der Waals surface area contributed by atoms with Crippen LogP contribution in [-0.4, -0.2) is 22.6 Å². The molecule has 0 spiro atoms. The Kier molecular flexibility index (Phi) is 5.28. The van der Waals surface area contributed by atoms with Crippen molar-refractivity contribution in [2.75, 3.05) is 6.54 Å². The topological polar surface area (TPSA) is 23.5 Å². The molecule has 2 rings (SSSR count). The summed E-state index contributed by atoms with van der Waals surface area (Å²) in [4.78, 5) is 2.58. The van der Waals surface area contributed by atoms with Crippen molar-refractivity contribution in [2.24, 2.45) is 0 Å². The molecule has 0 aliphatic carbocycles. The SMILES string of the molecule is CCC1CCCCCN1C(C)c1cc(Br)ccc1O. The molecule has 19 heavy (non-hydrogen) atoms. The van der Waals surface area contributed by atoms with E-state index in [1.807, 2.05) is 6.07 Å². The fourth-order valence-corrected chi connectivity index (χ4v) is 3.57. The molecule has 0 bridgehead atoms. The zero-order chi connectivity index (χ0) is 13.8. The lowest BCUT2D eigenvalue weighted by Crippen LogP contribution is -2.36. The lowest BCUT2D eigenvalue weighted by molar-refractivity contribution is 0.140. The quantitative estimate of drug-likeness (QED) is 0.856. The third kappa shape index (κ3) is 3.51. The summed E-state index contributed by atoms with van der Waals surface area (Å²) in [5.74, 6) is 0.412. The Hall–Kier alpha value is -0.540. The third-order valence-electron chi connectivity index (χ3n) is 4.33. The number of hydrogen-bond donors (Lipinski definition) is 1. The largest absolute Gasteiger partial charge is 0.508 e. The summed E-state index contributed by atoms with van der Waals surface area (Å²) in [5.41, 5.74) is 1.04. The van der Waals surface area contributed by atoms with Crippen LogP contribution in [0.2, 0.25) is 0 Å². The first kappa shape index (κ1) is 14.9. The molecule has 1 aliphatic rings. The number of hydrogen-bond acceptors (Lipinski definition) is 2. The second-order valence-electron chi connectivity index (χ2n) is 5.53. The number of likely N-dealkylation sites (tertiary alicyclic amines) is 1. The van der Waals surface area contributed by atoms with Gasteiger partial charge in [0, 0.05) is 22.1 Å². The van der Waals surface area contributed by atoms with Crippen molar-refractivity contribution in [3.63, 3.8) is 0 Å². The van der Waals surface area contributed by atoms with Gasteiger partial charge in [0.05, 0.1) is 0 Å². The maximum atomic E-state index is 10.1. The van der Waals surface area contributed by atoms with E-state index in [1.165, 1.54) is 32.1 Å². The maximum Gasteiger partial charge on any atom is 0.120 e. The molecule has 1 aromatic carbocycles. The van der Waals surface area contributed by atoms with E-state index < -0.39 is 0 Å². The van der Waals surface area contributed by atoms with Gasteiger partial charge in [-0.05, 0) is 50.9 Å². The van der Waals surface area contributed by atoms with E-state index in [1.54, 1.807) is 6.07 Å². The van der Waals surface area contributed by atoms with Crippen LogP contribution < -0.4 is 0 Å². The number of halogens is 1. The Labute approximate surface area is 124 Å². The number of phenols is 1. The van der Waals surface area contributed by atoms with Crippen LogP contribution in [0.15, 0.2) is 22.7 Å². The van der Waals surface area contributed by atoms with E-state index in [0.29, 0.717) is 11.8 Å². The summed E-state index contributed by atoms with van der Waals surface area (Å²) in [6, 6.07) is 6.66. The summed E-state index contributed by atoms with van der Waals surface area (Å²) in [5, 5.41) is 10.1. The van der Waals surface area contributed by atoms with Crippen molar-refractivity contribution in [1.82, 2.24) is 4.90 Å². The van der Waals surface area contributed by atoms with Crippen molar-refractivity contribution in [3.8, 4) is 5.75 Å². The number of nitrogens with zero attached hydrogens (tertiary/aromatic N) is 1. The fraction of sp³-hybridized carbons (Fsp3) is 0.625. The maximum absolute atomic E-state index is 10.1. The minimum Gasteiger partial charge on any atom is -0.508 e. The van der Waals surface area contributed by atoms with Crippen LogP contribution in [0.1, 0.15) is 57.6 Å². The molecule has 2 unspecified atom stereocenters. The van der Waals surface area contributed by atoms with E-state index in [-0.39, 0.29) is 6.04 Å². The molecule has 0 aromatic heterocycles. The minimum atomic E-state index is 0.278. The number of phenolic OH excluding ortho intramolecular Hbond substituents is 1. The van der Waals surface area contributed by atoms with Gasteiger partial charge in [0.25, 0.3) is 0 Å². The smallest absolute Gasteiger partial charge is 0.120 e. The summed E-state index contributed by atoms with van der Waals surface area (Å²) >= 11 is 3.51. The number of rotatable bonds is 3. The zero-order valence-electron chi connectivity index (χ0n) is 11.9. The van der Waals surface area contributed by atoms with Gasteiger partial charge in [-0.2, -0.15) is 0 Å². The Bertz CT molecular complexity index is 421. The van der Waals surface area contributed by atoms with Gasteiger partial charge in [-0.3, -0.25) is 4.90 Å². The van der Waals surface area contributed by atoms with Gasteiger partial charge in [-0.1, -0.05) is 35.7 Å². The fourth-order valence-electron chi connectivity index (χ4n) is 3.19. The molecule has 2 nitrogen and oxygen atoms in total. The first-order valence-corrected chi connectivity index (χ1v) is 8.17. The van der Waals surface area contributed by atoms with E-state index in [2.05, 4.69) is 40.7 Å². The van der Waals surface area contributed by atoms with Gasteiger partial charge in [-0.25, -0.2) is 0 Å². The predicted octanol–water partition coefficient (Wildman–Crippen LogP) is 4.87. The molecular weight excluding hydrogens is 302 g/mol. The Morgan fingerprint density at radius 1 is 1.37 bits per heavy atom. The summed E-state index contributed by atoms with van der Waals surface area (Å²) in [7, 11) is 0. The van der Waals surface area contributed by atoms with Gasteiger partial charge >= 0.3 is 0 Å². The molecule has 106 valence electrons. The van der Waals surface area contributed by atoms with Crippen molar-refractivity contribution < 1.29 is 5.11 Å². The molecular formula is C16H24BrNO. The number of benzene rings is 1. The zero-order valence-corrected chi connectivity index (χ0v) is 13.5. The van der Waals surface area contributed by atoms with Crippen LogP contribution in [0.5, 0.6) is 5.75 Å². The number of aromatic hydroxyl groups is 1. The summed E-state index contributed by atoms with van der Waals surface area (Å²) < 4.78 is 1.04. The van der Waals surface area contributed by atoms with Crippen molar-refractivity contribution in [1.29, 1.82) is 0 Å². The average molecular weight is 326 g/mol. The molecule has 1 saturated heterocycles. The second kappa shape index (κ2) is 6.76. The normalized spacial score (nSPS) is 23.0. The van der Waals surface area contributed by atoms with E-state index >= 15 is 0 Å². The highest BCUT2D eigenvalue weighted by molar-refractivity contribution is 9.10. The summed E-state index contributed by atoms with van der Waals surface area (Å²) in [6.07, 6.45) is 6.43. The lowest BCUT2D eigenvalue weighted by atomic mass is 10.0. The third-order valence-corrected chi connectivity index (χ3v) is 4.82. The van der Waals surface area contributed by atoms with E-state index in [0.717, 1.165) is 16.6 Å². The van der Waals surface area contributed by atoms with E-state index in [9.17, 15) is 5.11 Å². The highest BCUT2D eigenvalue weighted by atomic mass is 79.9. The molecule has 3 heteroatoms. The molecule has 0 amide bonds. The standard InChI is InChI=1S/C16H24BrNO/c1-3-14-7-5-4-6-10-18(14)12(2)15-11-13(17)8-9-16(15)19/h8-9,11-12,14,19H,3-7,10H2,1-2H3. The predicted molar refractivity (Wildman–Crippen MR) is 83.5 cm³/mol. The molecule has 1 aliphatic heterocycles. The summed E-state index contributed by atoms with van der Waals surface area (Å²) in [6.45, 7) is 5.64. The monoisotopic (exact) mass is 325 g/mol. The molecule has 0 saturated carbocycles. The molecule has 1 N–H and O–H groups in total. The van der Waals surface area contributed by atoms with Crippen LogP contribution in [0.25, 0.3) is 0 Å². The van der Waals surface area contributed by atoms with Crippen LogP contribution in [0.3, 0.4) is 0 Å². The molecule has 0 radical (unpaired) electrons. The minimum absolute atomic E-state index is 0.278. The van der Waals surface area contributed by atoms with E-state index in [4.69, 9.17) is 0 Å². The first-order chi connectivity index (χ1) is 9.13. The Morgan fingerprint density at radius 2 is 2.16 bits per heavy atom. The average Bonchev–Trinajstić information content (AvgIpc) is 2.65. The van der Waals surface area contributed by atoms with Crippen molar-refractivity contribution >= 4 is 15.9 Å².